The fourth-order valence-electron chi connectivity index (χ4n) is 2.59. The molecule has 2 atom stereocenters. The molecule has 1 heterocycles. The molecule has 1 aromatic carbocycles. The highest BCUT2D eigenvalue weighted by molar-refractivity contribution is 5.21. The van der Waals surface area contributed by atoms with Crippen molar-refractivity contribution in [2.45, 2.75) is 38.3 Å². The molecule has 1 saturated heterocycles. The summed E-state index contributed by atoms with van der Waals surface area (Å²) in [6.45, 7) is 4.20. The van der Waals surface area contributed by atoms with Crippen molar-refractivity contribution >= 4 is 0 Å². The number of benzene rings is 1. The van der Waals surface area contributed by atoms with E-state index in [-0.39, 0.29) is 6.04 Å². The number of hydrogen-bond donors (Lipinski definition) is 1. The van der Waals surface area contributed by atoms with Crippen molar-refractivity contribution in [2.24, 2.45) is 5.73 Å². The Hall–Kier alpha value is -1.00. The Kier molecular flexibility index (Phi) is 4.30. The van der Waals surface area contributed by atoms with E-state index in [0.717, 1.165) is 25.6 Å². The second-order valence-electron chi connectivity index (χ2n) is 5.13. The van der Waals surface area contributed by atoms with E-state index in [1.807, 2.05) is 0 Å². The van der Waals surface area contributed by atoms with Gasteiger partial charge < -0.3 is 10.6 Å². The van der Waals surface area contributed by atoms with Gasteiger partial charge in [0.15, 0.2) is 0 Å². The highest BCUT2D eigenvalue weighted by Crippen LogP contribution is 2.21. The third kappa shape index (κ3) is 3.27. The van der Waals surface area contributed by atoms with Crippen molar-refractivity contribution in [2.75, 3.05) is 13.1 Å². The van der Waals surface area contributed by atoms with E-state index >= 15 is 0 Å². The van der Waals surface area contributed by atoms with Crippen LogP contribution >= 0.6 is 0 Å². The lowest BCUT2D eigenvalue weighted by atomic mass is 10.0. The number of nitrogens with zero attached hydrogens (tertiary/aromatic N) is 1. The van der Waals surface area contributed by atoms with Crippen LogP contribution in [-0.2, 0) is 0 Å². The number of rotatable bonds is 4. The molecule has 0 spiro atoms. The molecule has 0 aromatic heterocycles. The Morgan fingerprint density at radius 1 is 1.33 bits per heavy atom. The van der Waals surface area contributed by atoms with Crippen LogP contribution in [0.5, 0.6) is 0 Å². The lowest BCUT2D eigenvalue weighted by molar-refractivity contribution is 0.258. The molecular weight excluding hydrogens is 234 g/mol. The predicted octanol–water partition coefficient (Wildman–Crippen LogP) is 2.84. The van der Waals surface area contributed by atoms with E-state index < -0.39 is 11.6 Å². The fourth-order valence-corrected chi connectivity index (χ4v) is 2.59. The molecule has 4 heteroatoms. The molecule has 2 rings (SSSR count). The molecule has 18 heavy (non-hydrogen) atoms. The number of hydrogen-bond acceptors (Lipinski definition) is 2. The van der Waals surface area contributed by atoms with Gasteiger partial charge in [-0.25, -0.2) is 8.78 Å². The third-order valence-corrected chi connectivity index (χ3v) is 3.73. The van der Waals surface area contributed by atoms with Crippen LogP contribution in [0.25, 0.3) is 0 Å². The van der Waals surface area contributed by atoms with Gasteiger partial charge in [0.25, 0.3) is 0 Å². The zero-order valence-electron chi connectivity index (χ0n) is 10.7. The van der Waals surface area contributed by atoms with Gasteiger partial charge >= 0.3 is 0 Å². The monoisotopic (exact) mass is 254 g/mol. The summed E-state index contributed by atoms with van der Waals surface area (Å²) in [4.78, 5) is 2.38. The molecule has 0 radical (unpaired) electrons. The summed E-state index contributed by atoms with van der Waals surface area (Å²) < 4.78 is 26.2. The zero-order valence-corrected chi connectivity index (χ0v) is 10.7. The van der Waals surface area contributed by atoms with Gasteiger partial charge in [0.1, 0.15) is 11.6 Å². The lowest BCUT2D eigenvalue weighted by Gasteiger charge is -2.23. The topological polar surface area (TPSA) is 29.3 Å². The molecule has 2 N–H and O–H groups in total. The van der Waals surface area contributed by atoms with Gasteiger partial charge in [-0.05, 0) is 50.4 Å². The minimum absolute atomic E-state index is 0.303. The number of nitrogens with two attached hydrogens (primary N) is 1. The predicted molar refractivity (Wildman–Crippen MR) is 68.2 cm³/mol. The van der Waals surface area contributed by atoms with Crippen molar-refractivity contribution < 1.29 is 8.78 Å². The van der Waals surface area contributed by atoms with Crippen LogP contribution in [0.2, 0.25) is 0 Å². The van der Waals surface area contributed by atoms with Crippen LogP contribution in [0.3, 0.4) is 0 Å². The molecule has 0 bridgehead atoms. The molecule has 2 unspecified atom stereocenters. The Morgan fingerprint density at radius 2 is 2.00 bits per heavy atom. The Bertz CT molecular complexity index is 389. The summed E-state index contributed by atoms with van der Waals surface area (Å²) in [7, 11) is 0. The van der Waals surface area contributed by atoms with E-state index in [1.165, 1.54) is 25.0 Å². The maximum Gasteiger partial charge on any atom is 0.126 e. The smallest absolute Gasteiger partial charge is 0.126 e. The molecule has 1 aliphatic heterocycles. The fraction of sp³-hybridized carbons (Fsp3) is 0.571. The summed E-state index contributed by atoms with van der Waals surface area (Å²) in [5, 5.41) is 0. The van der Waals surface area contributed by atoms with Crippen LogP contribution in [0.15, 0.2) is 18.2 Å². The average molecular weight is 254 g/mol. The minimum atomic E-state index is -0.560. The molecule has 100 valence electrons. The van der Waals surface area contributed by atoms with Gasteiger partial charge in [0.2, 0.25) is 0 Å². The summed E-state index contributed by atoms with van der Waals surface area (Å²) in [6, 6.07) is 3.81. The van der Waals surface area contributed by atoms with Gasteiger partial charge in [-0.15, -0.1) is 0 Å². The first-order valence-electron chi connectivity index (χ1n) is 6.52. The highest BCUT2D eigenvalue weighted by Gasteiger charge is 2.20. The third-order valence-electron chi connectivity index (χ3n) is 3.73. The van der Waals surface area contributed by atoms with Crippen LogP contribution in [0.1, 0.15) is 37.8 Å². The molecule has 1 aromatic rings. The first-order chi connectivity index (χ1) is 8.56. The van der Waals surface area contributed by atoms with E-state index in [2.05, 4.69) is 11.8 Å². The minimum Gasteiger partial charge on any atom is -0.324 e. The summed E-state index contributed by atoms with van der Waals surface area (Å²) in [5.41, 5.74) is 6.54. The Morgan fingerprint density at radius 3 is 2.56 bits per heavy atom. The summed E-state index contributed by atoms with van der Waals surface area (Å²) in [6.07, 6.45) is 3.18. The van der Waals surface area contributed by atoms with Gasteiger partial charge in [-0.1, -0.05) is 0 Å². The highest BCUT2D eigenvalue weighted by atomic mass is 19.1. The second-order valence-corrected chi connectivity index (χ2v) is 5.13. The largest absolute Gasteiger partial charge is 0.324 e. The lowest BCUT2D eigenvalue weighted by Crippen LogP contribution is -2.30. The first-order valence-corrected chi connectivity index (χ1v) is 6.52. The standard InChI is InChI=1S/C14H20F2N2/c1-10-3-2-5-18(10)6-4-14(17)11-7-12(15)9-13(16)8-11/h7-10,14H,2-6,17H2,1H3. The van der Waals surface area contributed by atoms with E-state index in [4.69, 9.17) is 5.73 Å². The maximum absolute atomic E-state index is 13.1. The maximum atomic E-state index is 13.1. The Balaban J connectivity index is 1.92. The average Bonchev–Trinajstić information content (AvgIpc) is 2.70. The molecular formula is C14H20F2N2. The van der Waals surface area contributed by atoms with Gasteiger partial charge in [-0.2, -0.15) is 0 Å². The molecule has 0 saturated carbocycles. The van der Waals surface area contributed by atoms with E-state index in [0.29, 0.717) is 11.6 Å². The Labute approximate surface area is 107 Å². The van der Waals surface area contributed by atoms with Gasteiger partial charge in [0, 0.05) is 24.7 Å². The van der Waals surface area contributed by atoms with Gasteiger partial charge in [-0.3, -0.25) is 0 Å². The number of likely N-dealkylation sites (tertiary alicyclic amines) is 1. The SMILES string of the molecule is CC1CCCN1CCC(N)c1cc(F)cc(F)c1. The van der Waals surface area contributed by atoms with Crippen molar-refractivity contribution in [1.29, 1.82) is 0 Å². The molecule has 0 aliphatic carbocycles. The number of halogens is 2. The summed E-state index contributed by atoms with van der Waals surface area (Å²) >= 11 is 0. The molecule has 0 amide bonds. The van der Waals surface area contributed by atoms with Crippen LogP contribution in [-0.4, -0.2) is 24.0 Å². The van der Waals surface area contributed by atoms with E-state index in [9.17, 15) is 8.78 Å². The first kappa shape index (κ1) is 13.4. The van der Waals surface area contributed by atoms with Crippen LogP contribution < -0.4 is 5.73 Å². The van der Waals surface area contributed by atoms with Crippen LogP contribution in [0.4, 0.5) is 8.78 Å². The van der Waals surface area contributed by atoms with Crippen molar-refractivity contribution in [3.63, 3.8) is 0 Å². The zero-order chi connectivity index (χ0) is 13.1. The summed E-state index contributed by atoms with van der Waals surface area (Å²) in [5.74, 6) is -1.12. The van der Waals surface area contributed by atoms with Crippen molar-refractivity contribution in [1.82, 2.24) is 4.90 Å². The van der Waals surface area contributed by atoms with Crippen molar-refractivity contribution in [3.05, 3.63) is 35.4 Å². The molecule has 1 fully saturated rings. The van der Waals surface area contributed by atoms with Crippen molar-refractivity contribution in [3.8, 4) is 0 Å². The normalized spacial score (nSPS) is 22.3. The molecule has 1 aliphatic rings. The molecule has 2 nitrogen and oxygen atoms in total. The quantitative estimate of drug-likeness (QED) is 0.895. The van der Waals surface area contributed by atoms with E-state index in [1.54, 1.807) is 0 Å². The van der Waals surface area contributed by atoms with Gasteiger partial charge in [0.05, 0.1) is 0 Å². The van der Waals surface area contributed by atoms with Crippen LogP contribution in [0, 0.1) is 11.6 Å². The second kappa shape index (κ2) is 5.76.